The zero-order valence-corrected chi connectivity index (χ0v) is 22.7. The van der Waals surface area contributed by atoms with Gasteiger partial charge in [0.2, 0.25) is 0 Å². The molecule has 0 aromatic heterocycles. The largest absolute Gasteiger partial charge is 0.453 e. The summed E-state index contributed by atoms with van der Waals surface area (Å²) < 4.78 is 33.7. The van der Waals surface area contributed by atoms with Gasteiger partial charge >= 0.3 is 12.1 Å². The highest BCUT2D eigenvalue weighted by atomic mass is 19.2. The molecule has 10 heteroatoms. The van der Waals surface area contributed by atoms with Gasteiger partial charge in [-0.3, -0.25) is 0 Å². The number of nitrogens with one attached hydrogen (secondary N) is 3. The van der Waals surface area contributed by atoms with Crippen LogP contribution in [0.25, 0.3) is 0 Å². The lowest BCUT2D eigenvalue weighted by Crippen LogP contribution is -2.54. The number of aliphatic hydroxyl groups is 1. The molecule has 1 saturated heterocycles. The maximum absolute atomic E-state index is 15.0. The van der Waals surface area contributed by atoms with E-state index in [0.717, 1.165) is 12.5 Å². The maximum Gasteiger partial charge on any atom is 0.406 e. The highest BCUT2D eigenvalue weighted by Crippen LogP contribution is 2.41. The fourth-order valence-corrected chi connectivity index (χ4v) is 6.10. The molecule has 2 aliphatic rings. The molecule has 3 rings (SSSR count). The Morgan fingerprint density at radius 2 is 1.95 bits per heavy atom. The maximum atomic E-state index is 15.0. The molecule has 4 N–H and O–H groups in total. The quantitative estimate of drug-likeness (QED) is 0.315. The SMILES string of the molecule is CNC[C@H](CC1CCCCC1)NC(=O)N1CCC[C@@H]([C@](O)(CCCNC(=O)OC)c2cccc(F)c2F)C1. The average molecular weight is 539 g/mol. The summed E-state index contributed by atoms with van der Waals surface area (Å²) in [5, 5.41) is 20.8. The minimum absolute atomic E-state index is 0.0000743. The summed E-state index contributed by atoms with van der Waals surface area (Å²) in [4.78, 5) is 26.4. The van der Waals surface area contributed by atoms with Crippen LogP contribution in [-0.4, -0.2) is 68.5 Å². The van der Waals surface area contributed by atoms with Crippen molar-refractivity contribution in [2.24, 2.45) is 11.8 Å². The Morgan fingerprint density at radius 3 is 2.66 bits per heavy atom. The van der Waals surface area contributed by atoms with E-state index in [-0.39, 0.29) is 37.1 Å². The molecule has 3 atom stereocenters. The summed E-state index contributed by atoms with van der Waals surface area (Å²) in [5.74, 6) is -2.01. The number of carbonyl (C=O) groups is 2. The topological polar surface area (TPSA) is 103 Å². The smallest absolute Gasteiger partial charge is 0.406 e. The first kappa shape index (κ1) is 30.1. The average Bonchev–Trinajstić information content (AvgIpc) is 2.93. The second-order valence-electron chi connectivity index (χ2n) is 10.8. The van der Waals surface area contributed by atoms with Gasteiger partial charge in [-0.05, 0) is 51.1 Å². The Balaban J connectivity index is 1.72. The van der Waals surface area contributed by atoms with Crippen LogP contribution < -0.4 is 16.0 Å². The number of hydrogen-bond acceptors (Lipinski definition) is 5. The van der Waals surface area contributed by atoms with Crippen molar-refractivity contribution in [1.29, 1.82) is 0 Å². The molecule has 1 heterocycles. The summed E-state index contributed by atoms with van der Waals surface area (Å²) in [6, 6.07) is 3.61. The molecule has 1 saturated carbocycles. The van der Waals surface area contributed by atoms with E-state index in [4.69, 9.17) is 0 Å². The van der Waals surface area contributed by atoms with E-state index in [1.54, 1.807) is 4.90 Å². The third-order valence-corrected chi connectivity index (χ3v) is 8.11. The Kier molecular flexibility index (Phi) is 11.6. The first-order chi connectivity index (χ1) is 18.3. The van der Waals surface area contributed by atoms with Crippen molar-refractivity contribution in [3.8, 4) is 0 Å². The molecule has 3 amide bonds. The van der Waals surface area contributed by atoms with E-state index >= 15 is 0 Å². The number of benzene rings is 1. The van der Waals surface area contributed by atoms with Crippen LogP contribution in [0.15, 0.2) is 18.2 Å². The molecule has 1 aliphatic carbocycles. The molecule has 1 aromatic carbocycles. The van der Waals surface area contributed by atoms with Crippen molar-refractivity contribution in [2.45, 2.75) is 75.9 Å². The van der Waals surface area contributed by atoms with Gasteiger partial charge in [0.05, 0.1) is 12.7 Å². The zero-order chi connectivity index (χ0) is 27.5. The lowest BCUT2D eigenvalue weighted by molar-refractivity contribution is -0.0580. The molecule has 1 aromatic rings. The molecular formula is C28H44F2N4O4. The number of ether oxygens (including phenoxy) is 1. The molecule has 0 unspecified atom stereocenters. The molecule has 2 fully saturated rings. The van der Waals surface area contributed by atoms with Crippen LogP contribution in [0.3, 0.4) is 0 Å². The molecule has 214 valence electrons. The Hall–Kier alpha value is -2.46. The highest BCUT2D eigenvalue weighted by molar-refractivity contribution is 5.74. The van der Waals surface area contributed by atoms with Crippen LogP contribution in [0.4, 0.5) is 18.4 Å². The van der Waals surface area contributed by atoms with E-state index in [9.17, 15) is 23.5 Å². The molecule has 8 nitrogen and oxygen atoms in total. The van der Waals surface area contributed by atoms with Crippen LogP contribution in [-0.2, 0) is 10.3 Å². The Morgan fingerprint density at radius 1 is 1.18 bits per heavy atom. The highest BCUT2D eigenvalue weighted by Gasteiger charge is 2.43. The fraction of sp³-hybridized carbons (Fsp3) is 0.714. The van der Waals surface area contributed by atoms with Gasteiger partial charge in [0.25, 0.3) is 0 Å². The van der Waals surface area contributed by atoms with Crippen molar-refractivity contribution in [3.05, 3.63) is 35.4 Å². The van der Waals surface area contributed by atoms with Crippen molar-refractivity contribution in [3.63, 3.8) is 0 Å². The number of likely N-dealkylation sites (tertiary alicyclic amines) is 1. The minimum atomic E-state index is -1.71. The number of methoxy groups -OCH3 is 1. The molecular weight excluding hydrogens is 494 g/mol. The number of piperidine rings is 1. The van der Waals surface area contributed by atoms with Crippen molar-refractivity contribution < 1.29 is 28.2 Å². The second-order valence-corrected chi connectivity index (χ2v) is 10.8. The number of nitrogens with zero attached hydrogens (tertiary/aromatic N) is 1. The van der Waals surface area contributed by atoms with Crippen LogP contribution in [0.2, 0.25) is 0 Å². The molecule has 38 heavy (non-hydrogen) atoms. The Labute approximate surface area is 224 Å². The summed E-state index contributed by atoms with van der Waals surface area (Å²) in [7, 11) is 3.13. The standard InChI is InChI=1S/C28H44F2N4O4/c1-31-18-22(17-20-9-4-3-5-10-20)33-26(35)34-16-7-11-21(19-34)28(37,14-8-15-32-27(36)38-2)23-12-6-13-24(29)25(23)30/h6,12-13,20-22,31,37H,3-5,7-11,14-19H2,1-2H3,(H,32,36)(H,33,35)/t21-,22+,28-/m1/s1. The number of urea groups is 1. The Bertz CT molecular complexity index is 915. The summed E-state index contributed by atoms with van der Waals surface area (Å²) in [6.07, 6.45) is 8.06. The van der Waals surface area contributed by atoms with Gasteiger partial charge in [0.15, 0.2) is 11.6 Å². The summed E-state index contributed by atoms with van der Waals surface area (Å²) >= 11 is 0. The first-order valence-corrected chi connectivity index (χ1v) is 14.0. The third-order valence-electron chi connectivity index (χ3n) is 8.11. The van der Waals surface area contributed by atoms with Gasteiger partial charge in [-0.25, -0.2) is 18.4 Å². The zero-order valence-electron chi connectivity index (χ0n) is 22.7. The number of alkyl carbamates (subject to hydrolysis) is 1. The fourth-order valence-electron chi connectivity index (χ4n) is 6.10. The van der Waals surface area contributed by atoms with Gasteiger partial charge in [0, 0.05) is 43.7 Å². The number of carbonyl (C=O) groups excluding carboxylic acids is 2. The lowest BCUT2D eigenvalue weighted by atomic mass is 9.74. The number of likely N-dealkylation sites (N-methyl/N-ethyl adjacent to an activating group) is 1. The van der Waals surface area contributed by atoms with Crippen LogP contribution in [0, 0.1) is 23.5 Å². The van der Waals surface area contributed by atoms with Gasteiger partial charge in [-0.1, -0.05) is 44.2 Å². The number of rotatable bonds is 11. The van der Waals surface area contributed by atoms with Crippen LogP contribution in [0.5, 0.6) is 0 Å². The molecule has 0 radical (unpaired) electrons. The van der Waals surface area contributed by atoms with Gasteiger partial charge in [-0.15, -0.1) is 0 Å². The predicted octanol–water partition coefficient (Wildman–Crippen LogP) is 4.27. The van der Waals surface area contributed by atoms with Crippen LogP contribution in [0.1, 0.15) is 69.8 Å². The first-order valence-electron chi connectivity index (χ1n) is 14.0. The summed E-state index contributed by atoms with van der Waals surface area (Å²) in [5.41, 5.74) is -1.83. The van der Waals surface area contributed by atoms with E-state index in [1.165, 1.54) is 51.3 Å². The van der Waals surface area contributed by atoms with E-state index < -0.39 is 29.2 Å². The summed E-state index contributed by atoms with van der Waals surface area (Å²) in [6.45, 7) is 1.63. The molecule has 1 aliphatic heterocycles. The monoisotopic (exact) mass is 538 g/mol. The van der Waals surface area contributed by atoms with Crippen molar-refractivity contribution in [2.75, 3.05) is 40.3 Å². The molecule has 0 spiro atoms. The van der Waals surface area contributed by atoms with Gasteiger partial charge in [0.1, 0.15) is 0 Å². The van der Waals surface area contributed by atoms with Gasteiger partial charge in [-0.2, -0.15) is 0 Å². The van der Waals surface area contributed by atoms with Crippen LogP contribution >= 0.6 is 0 Å². The second kappa shape index (κ2) is 14.6. The van der Waals surface area contributed by atoms with E-state index in [1.807, 2.05) is 7.05 Å². The van der Waals surface area contributed by atoms with Crippen molar-refractivity contribution in [1.82, 2.24) is 20.9 Å². The minimum Gasteiger partial charge on any atom is -0.453 e. The lowest BCUT2D eigenvalue weighted by Gasteiger charge is -2.43. The number of amides is 3. The van der Waals surface area contributed by atoms with E-state index in [2.05, 4.69) is 20.7 Å². The number of hydrogen-bond donors (Lipinski definition) is 4. The third kappa shape index (κ3) is 8.02. The van der Waals surface area contributed by atoms with E-state index in [0.29, 0.717) is 38.3 Å². The number of halogens is 2. The normalized spacial score (nSPS) is 20.9. The van der Waals surface area contributed by atoms with Gasteiger partial charge < -0.3 is 30.7 Å². The predicted molar refractivity (Wildman–Crippen MR) is 142 cm³/mol. The molecule has 0 bridgehead atoms. The van der Waals surface area contributed by atoms with Crippen molar-refractivity contribution >= 4 is 12.1 Å².